The van der Waals surface area contributed by atoms with Crippen molar-refractivity contribution in [1.29, 1.82) is 0 Å². The van der Waals surface area contributed by atoms with Crippen LogP contribution in [0, 0.1) is 0 Å². The minimum absolute atomic E-state index is 0.112. The van der Waals surface area contributed by atoms with Gasteiger partial charge in [-0.15, -0.1) is 0 Å². The highest BCUT2D eigenvalue weighted by Gasteiger charge is 2.43. The van der Waals surface area contributed by atoms with Gasteiger partial charge in [0.05, 0.1) is 37.6 Å². The molecule has 1 amide bonds. The van der Waals surface area contributed by atoms with Crippen molar-refractivity contribution in [2.75, 3.05) is 19.7 Å². The van der Waals surface area contributed by atoms with Crippen LogP contribution >= 0.6 is 0 Å². The number of furan rings is 1. The van der Waals surface area contributed by atoms with E-state index in [0.717, 1.165) is 43.7 Å². The molecule has 2 aliphatic heterocycles. The van der Waals surface area contributed by atoms with Crippen molar-refractivity contribution < 1.29 is 18.7 Å². The fourth-order valence-corrected chi connectivity index (χ4v) is 3.79. The first-order valence-electron chi connectivity index (χ1n) is 9.17. The smallest absolute Gasteiger partial charge is 0.230 e. The molecule has 0 saturated carbocycles. The normalized spacial score (nSPS) is 22.0. The lowest BCUT2D eigenvalue weighted by atomic mass is 9.88. The van der Waals surface area contributed by atoms with Gasteiger partial charge in [0, 0.05) is 31.9 Å². The average molecular weight is 356 g/mol. The third kappa shape index (κ3) is 3.97. The van der Waals surface area contributed by atoms with Crippen LogP contribution in [-0.2, 0) is 27.3 Å². The van der Waals surface area contributed by atoms with Crippen molar-refractivity contribution in [3.8, 4) is 0 Å². The first-order chi connectivity index (χ1) is 12.7. The standard InChI is InChI=1S/C20H24N2O4/c23-19(11-17-4-2-10-24-17)22-8-5-20(6-9-22)12-18(15-26-20)25-14-16-3-1-7-21-13-16/h1-4,7,10,13,18H,5-6,8-9,11-12,14-15H2. The second-order valence-corrected chi connectivity index (χ2v) is 7.13. The Morgan fingerprint density at radius 3 is 2.92 bits per heavy atom. The Morgan fingerprint density at radius 1 is 1.31 bits per heavy atom. The van der Waals surface area contributed by atoms with E-state index in [9.17, 15) is 4.79 Å². The zero-order valence-electron chi connectivity index (χ0n) is 14.8. The molecule has 26 heavy (non-hydrogen) atoms. The van der Waals surface area contributed by atoms with Crippen LogP contribution in [0.5, 0.6) is 0 Å². The van der Waals surface area contributed by atoms with Crippen LogP contribution in [0.3, 0.4) is 0 Å². The van der Waals surface area contributed by atoms with E-state index >= 15 is 0 Å². The monoisotopic (exact) mass is 356 g/mol. The lowest BCUT2D eigenvalue weighted by Crippen LogP contribution is -2.47. The number of carbonyl (C=O) groups excluding carboxylic acids is 1. The Labute approximate surface area is 153 Å². The van der Waals surface area contributed by atoms with Crippen LogP contribution in [0.15, 0.2) is 47.3 Å². The molecule has 4 rings (SSSR count). The molecule has 2 saturated heterocycles. The molecule has 0 aromatic carbocycles. The molecule has 2 aliphatic rings. The van der Waals surface area contributed by atoms with Crippen LogP contribution in [0.4, 0.5) is 0 Å². The van der Waals surface area contributed by atoms with E-state index in [-0.39, 0.29) is 17.6 Å². The fourth-order valence-electron chi connectivity index (χ4n) is 3.79. The Morgan fingerprint density at radius 2 is 2.19 bits per heavy atom. The number of hydrogen-bond donors (Lipinski definition) is 0. The van der Waals surface area contributed by atoms with Gasteiger partial charge in [0.25, 0.3) is 0 Å². The number of amides is 1. The molecular formula is C20H24N2O4. The summed E-state index contributed by atoms with van der Waals surface area (Å²) in [5.41, 5.74) is 0.938. The molecule has 0 radical (unpaired) electrons. The van der Waals surface area contributed by atoms with E-state index in [0.29, 0.717) is 19.6 Å². The summed E-state index contributed by atoms with van der Waals surface area (Å²) in [5.74, 6) is 0.841. The maximum Gasteiger partial charge on any atom is 0.230 e. The minimum atomic E-state index is -0.138. The molecule has 2 aromatic heterocycles. The molecule has 4 heterocycles. The molecule has 2 aromatic rings. The van der Waals surface area contributed by atoms with Gasteiger partial charge in [-0.25, -0.2) is 0 Å². The van der Waals surface area contributed by atoms with Crippen LogP contribution < -0.4 is 0 Å². The fraction of sp³-hybridized carbons (Fsp3) is 0.500. The lowest BCUT2D eigenvalue weighted by molar-refractivity contribution is -0.135. The number of ether oxygens (including phenoxy) is 2. The van der Waals surface area contributed by atoms with Gasteiger partial charge in [-0.2, -0.15) is 0 Å². The zero-order chi connectivity index (χ0) is 17.8. The molecular weight excluding hydrogens is 332 g/mol. The molecule has 0 N–H and O–H groups in total. The molecule has 138 valence electrons. The summed E-state index contributed by atoms with van der Waals surface area (Å²) in [6, 6.07) is 7.59. The van der Waals surface area contributed by atoms with E-state index in [4.69, 9.17) is 13.9 Å². The molecule has 6 nitrogen and oxygen atoms in total. The zero-order valence-corrected chi connectivity index (χ0v) is 14.8. The van der Waals surface area contributed by atoms with Crippen LogP contribution in [-0.4, -0.2) is 47.2 Å². The number of likely N-dealkylation sites (tertiary alicyclic amines) is 1. The predicted molar refractivity (Wildman–Crippen MR) is 94.3 cm³/mol. The van der Waals surface area contributed by atoms with Crippen LogP contribution in [0.2, 0.25) is 0 Å². The Kier molecular flexibility index (Phi) is 5.04. The Bertz CT molecular complexity index is 709. The minimum Gasteiger partial charge on any atom is -0.469 e. The summed E-state index contributed by atoms with van der Waals surface area (Å²) in [6.07, 6.45) is 8.26. The second-order valence-electron chi connectivity index (χ2n) is 7.13. The Hall–Kier alpha value is -2.18. The number of nitrogens with zero attached hydrogens (tertiary/aromatic N) is 2. The number of rotatable bonds is 5. The van der Waals surface area contributed by atoms with Gasteiger partial charge in [0.1, 0.15) is 5.76 Å². The first-order valence-corrected chi connectivity index (χ1v) is 9.17. The highest BCUT2D eigenvalue weighted by Crippen LogP contribution is 2.37. The summed E-state index contributed by atoms with van der Waals surface area (Å²) in [4.78, 5) is 18.4. The van der Waals surface area contributed by atoms with Gasteiger partial charge >= 0.3 is 0 Å². The van der Waals surface area contributed by atoms with Crippen molar-refractivity contribution in [2.24, 2.45) is 0 Å². The van der Waals surface area contributed by atoms with Crippen molar-refractivity contribution in [3.05, 3.63) is 54.2 Å². The van der Waals surface area contributed by atoms with Gasteiger partial charge in [-0.1, -0.05) is 6.07 Å². The average Bonchev–Trinajstić information content (AvgIpc) is 3.32. The van der Waals surface area contributed by atoms with Gasteiger partial charge in [-0.05, 0) is 36.6 Å². The third-order valence-electron chi connectivity index (χ3n) is 5.32. The Balaban J connectivity index is 1.24. The van der Waals surface area contributed by atoms with Gasteiger partial charge in [0.2, 0.25) is 5.91 Å². The largest absolute Gasteiger partial charge is 0.469 e. The molecule has 1 atom stereocenters. The molecule has 1 spiro atoms. The molecule has 6 heteroatoms. The van der Waals surface area contributed by atoms with Crippen LogP contribution in [0.25, 0.3) is 0 Å². The van der Waals surface area contributed by atoms with Crippen molar-refractivity contribution in [3.63, 3.8) is 0 Å². The molecule has 1 unspecified atom stereocenters. The quantitative estimate of drug-likeness (QED) is 0.824. The van der Waals surface area contributed by atoms with Crippen molar-refractivity contribution in [2.45, 2.75) is 44.0 Å². The van der Waals surface area contributed by atoms with Gasteiger partial charge in [-0.3, -0.25) is 9.78 Å². The summed E-state index contributed by atoms with van der Waals surface area (Å²) in [6.45, 7) is 2.65. The SMILES string of the molecule is O=C(Cc1ccco1)N1CCC2(CC1)CC(OCc1cccnc1)CO2. The number of aromatic nitrogens is 1. The highest BCUT2D eigenvalue weighted by atomic mass is 16.6. The molecule has 0 bridgehead atoms. The first kappa shape index (κ1) is 17.2. The van der Waals surface area contributed by atoms with Crippen molar-refractivity contribution in [1.82, 2.24) is 9.88 Å². The van der Waals surface area contributed by atoms with E-state index < -0.39 is 0 Å². The number of hydrogen-bond acceptors (Lipinski definition) is 5. The van der Waals surface area contributed by atoms with E-state index in [1.807, 2.05) is 35.4 Å². The van der Waals surface area contributed by atoms with Crippen molar-refractivity contribution >= 4 is 5.91 Å². The number of piperidine rings is 1. The van der Waals surface area contributed by atoms with E-state index in [2.05, 4.69) is 4.98 Å². The maximum absolute atomic E-state index is 12.4. The van der Waals surface area contributed by atoms with Gasteiger partial charge < -0.3 is 18.8 Å². The number of carbonyl (C=O) groups is 1. The predicted octanol–water partition coefficient (Wildman–Crippen LogP) is 2.58. The van der Waals surface area contributed by atoms with Gasteiger partial charge in [0.15, 0.2) is 0 Å². The highest BCUT2D eigenvalue weighted by molar-refractivity contribution is 5.78. The topological polar surface area (TPSA) is 64.8 Å². The van der Waals surface area contributed by atoms with E-state index in [1.165, 1.54) is 0 Å². The second kappa shape index (κ2) is 7.60. The lowest BCUT2D eigenvalue weighted by Gasteiger charge is -2.38. The maximum atomic E-state index is 12.4. The van der Waals surface area contributed by atoms with Crippen LogP contribution in [0.1, 0.15) is 30.6 Å². The summed E-state index contributed by atoms with van der Waals surface area (Å²) >= 11 is 0. The summed E-state index contributed by atoms with van der Waals surface area (Å²) in [7, 11) is 0. The molecule has 0 aliphatic carbocycles. The number of pyridine rings is 1. The summed E-state index contributed by atoms with van der Waals surface area (Å²) in [5, 5.41) is 0. The molecule has 2 fully saturated rings. The summed E-state index contributed by atoms with van der Waals surface area (Å²) < 4.78 is 17.4. The van der Waals surface area contributed by atoms with E-state index in [1.54, 1.807) is 12.5 Å². The third-order valence-corrected chi connectivity index (χ3v) is 5.32.